The summed E-state index contributed by atoms with van der Waals surface area (Å²) in [5, 5.41) is 3.05. The Morgan fingerprint density at radius 2 is 1.79 bits per heavy atom. The molecule has 1 aliphatic heterocycles. The molecule has 1 aliphatic rings. The van der Waals surface area contributed by atoms with Gasteiger partial charge in [-0.3, -0.25) is 9.59 Å². The van der Waals surface area contributed by atoms with E-state index in [-0.39, 0.29) is 35.5 Å². The zero-order valence-corrected chi connectivity index (χ0v) is 16.4. The van der Waals surface area contributed by atoms with Crippen LogP contribution in [-0.2, 0) is 4.79 Å². The van der Waals surface area contributed by atoms with E-state index in [1.165, 1.54) is 24.3 Å². The third-order valence-corrected chi connectivity index (χ3v) is 5.47. The summed E-state index contributed by atoms with van der Waals surface area (Å²) in [7, 11) is 0. The maximum absolute atomic E-state index is 13.2. The molecule has 1 saturated heterocycles. The molecule has 28 heavy (non-hydrogen) atoms. The highest BCUT2D eigenvalue weighted by atomic mass is 19.1. The van der Waals surface area contributed by atoms with Gasteiger partial charge in [-0.15, -0.1) is 0 Å². The van der Waals surface area contributed by atoms with Gasteiger partial charge in [-0.25, -0.2) is 4.39 Å². The van der Waals surface area contributed by atoms with Gasteiger partial charge >= 0.3 is 0 Å². The third kappa shape index (κ3) is 4.77. The summed E-state index contributed by atoms with van der Waals surface area (Å²) in [6, 6.07) is 15.7. The molecule has 5 heteroatoms. The number of halogens is 1. The smallest absolute Gasteiger partial charge is 0.253 e. The number of benzene rings is 2. The Hall–Kier alpha value is -2.69. The van der Waals surface area contributed by atoms with Crippen molar-refractivity contribution >= 4 is 11.8 Å². The van der Waals surface area contributed by atoms with Gasteiger partial charge in [-0.1, -0.05) is 37.3 Å². The topological polar surface area (TPSA) is 49.4 Å². The van der Waals surface area contributed by atoms with Crippen LogP contribution in [0.15, 0.2) is 54.6 Å². The van der Waals surface area contributed by atoms with Crippen LogP contribution >= 0.6 is 0 Å². The van der Waals surface area contributed by atoms with Gasteiger partial charge in [0.2, 0.25) is 5.91 Å². The summed E-state index contributed by atoms with van der Waals surface area (Å²) in [4.78, 5) is 27.5. The maximum Gasteiger partial charge on any atom is 0.253 e. The van der Waals surface area contributed by atoms with Gasteiger partial charge in [0, 0.05) is 30.6 Å². The molecular formula is C23H27FN2O2. The molecule has 1 fully saturated rings. The Morgan fingerprint density at radius 3 is 2.43 bits per heavy atom. The second kappa shape index (κ2) is 9.00. The van der Waals surface area contributed by atoms with E-state index < -0.39 is 0 Å². The van der Waals surface area contributed by atoms with Gasteiger partial charge in [-0.05, 0) is 49.6 Å². The van der Waals surface area contributed by atoms with Gasteiger partial charge in [0.1, 0.15) is 5.82 Å². The number of piperidine rings is 1. The summed E-state index contributed by atoms with van der Waals surface area (Å²) in [6.45, 7) is 4.94. The first kappa shape index (κ1) is 20.1. The lowest BCUT2D eigenvalue weighted by molar-refractivity contribution is -0.127. The molecule has 2 aromatic rings. The molecule has 3 atom stereocenters. The molecular weight excluding hydrogens is 355 g/mol. The van der Waals surface area contributed by atoms with Crippen LogP contribution in [0.5, 0.6) is 0 Å². The van der Waals surface area contributed by atoms with Gasteiger partial charge in [0.15, 0.2) is 0 Å². The highest BCUT2D eigenvalue weighted by Crippen LogP contribution is 2.31. The predicted molar refractivity (Wildman–Crippen MR) is 107 cm³/mol. The van der Waals surface area contributed by atoms with Crippen LogP contribution in [0.3, 0.4) is 0 Å². The van der Waals surface area contributed by atoms with Crippen LogP contribution in [0, 0.1) is 11.7 Å². The maximum atomic E-state index is 13.2. The summed E-state index contributed by atoms with van der Waals surface area (Å²) in [5.41, 5.74) is 1.57. The molecule has 0 aliphatic carbocycles. The molecule has 2 amide bonds. The molecule has 0 unspecified atom stereocenters. The molecule has 4 nitrogen and oxygen atoms in total. The van der Waals surface area contributed by atoms with E-state index in [9.17, 15) is 14.0 Å². The minimum Gasteiger partial charge on any atom is -0.353 e. The first-order valence-electron chi connectivity index (χ1n) is 9.88. The van der Waals surface area contributed by atoms with Crippen molar-refractivity contribution in [3.8, 4) is 0 Å². The van der Waals surface area contributed by atoms with E-state index in [2.05, 4.69) is 5.32 Å². The van der Waals surface area contributed by atoms with Gasteiger partial charge < -0.3 is 10.2 Å². The van der Waals surface area contributed by atoms with Crippen LogP contribution in [0.25, 0.3) is 0 Å². The molecule has 3 rings (SSSR count). The quantitative estimate of drug-likeness (QED) is 0.850. The number of hydrogen-bond donors (Lipinski definition) is 1. The molecule has 0 spiro atoms. The predicted octanol–water partition coefficient (Wildman–Crippen LogP) is 3.99. The minimum absolute atomic E-state index is 0.00751. The Morgan fingerprint density at radius 1 is 1.11 bits per heavy atom. The van der Waals surface area contributed by atoms with Crippen molar-refractivity contribution in [3.05, 3.63) is 71.5 Å². The molecule has 1 heterocycles. The fraction of sp³-hybridized carbons (Fsp3) is 0.391. The first-order chi connectivity index (χ1) is 13.5. The highest BCUT2D eigenvalue weighted by molar-refractivity contribution is 5.94. The summed E-state index contributed by atoms with van der Waals surface area (Å²) in [5.74, 6) is -0.721. The average Bonchev–Trinajstić information content (AvgIpc) is 2.74. The van der Waals surface area contributed by atoms with Crippen molar-refractivity contribution in [3.63, 3.8) is 0 Å². The van der Waals surface area contributed by atoms with Crippen LogP contribution in [0.1, 0.15) is 48.5 Å². The number of carbonyl (C=O) groups is 2. The van der Waals surface area contributed by atoms with Crippen molar-refractivity contribution in [1.29, 1.82) is 0 Å². The first-order valence-corrected chi connectivity index (χ1v) is 9.88. The normalized spacial score (nSPS) is 20.5. The van der Waals surface area contributed by atoms with Crippen LogP contribution < -0.4 is 5.32 Å². The van der Waals surface area contributed by atoms with Crippen LogP contribution in [-0.4, -0.2) is 35.8 Å². The van der Waals surface area contributed by atoms with E-state index in [0.717, 1.165) is 12.0 Å². The molecule has 1 N–H and O–H groups in total. The zero-order valence-electron chi connectivity index (χ0n) is 16.4. The molecule has 0 saturated carbocycles. The van der Waals surface area contributed by atoms with Gasteiger partial charge in [0.25, 0.3) is 5.91 Å². The minimum atomic E-state index is -0.372. The van der Waals surface area contributed by atoms with Crippen molar-refractivity contribution in [1.82, 2.24) is 10.2 Å². The van der Waals surface area contributed by atoms with E-state index in [4.69, 9.17) is 0 Å². The van der Waals surface area contributed by atoms with Crippen molar-refractivity contribution < 1.29 is 14.0 Å². The Labute approximate surface area is 165 Å². The van der Waals surface area contributed by atoms with Crippen molar-refractivity contribution in [2.24, 2.45) is 5.92 Å². The number of rotatable bonds is 5. The van der Waals surface area contributed by atoms with E-state index in [1.807, 2.05) is 44.2 Å². The molecule has 148 valence electrons. The lowest BCUT2D eigenvalue weighted by Crippen LogP contribution is -2.49. The standard InChI is InChI=1S/C23H27FN2O2/c1-3-16(2)25-22(27)20-13-19(17-7-5-4-6-8-17)14-26(15-20)23(28)18-9-11-21(24)12-10-18/h4-12,16,19-20H,3,13-15H2,1-2H3,(H,25,27)/t16-,19-,20-/m0/s1. The SMILES string of the molecule is CC[C@H](C)NC(=O)[C@H]1C[C@H](c2ccccc2)CN(C(=O)c2ccc(F)cc2)C1. The Balaban J connectivity index is 1.83. The zero-order chi connectivity index (χ0) is 20.1. The summed E-state index contributed by atoms with van der Waals surface area (Å²) in [6.07, 6.45) is 1.57. The lowest BCUT2D eigenvalue weighted by atomic mass is 9.83. The second-order valence-corrected chi connectivity index (χ2v) is 7.58. The van der Waals surface area contributed by atoms with Gasteiger partial charge in [0.05, 0.1) is 5.92 Å². The number of nitrogens with one attached hydrogen (secondary N) is 1. The van der Waals surface area contributed by atoms with Crippen molar-refractivity contribution in [2.75, 3.05) is 13.1 Å². The monoisotopic (exact) mass is 382 g/mol. The molecule has 0 aromatic heterocycles. The fourth-order valence-corrected chi connectivity index (χ4v) is 3.66. The molecule has 0 bridgehead atoms. The largest absolute Gasteiger partial charge is 0.353 e. The highest BCUT2D eigenvalue weighted by Gasteiger charge is 2.35. The van der Waals surface area contributed by atoms with E-state index in [1.54, 1.807) is 4.90 Å². The molecule has 2 aromatic carbocycles. The number of hydrogen-bond acceptors (Lipinski definition) is 2. The van der Waals surface area contributed by atoms with Crippen LogP contribution in [0.2, 0.25) is 0 Å². The lowest BCUT2D eigenvalue weighted by Gasteiger charge is -2.38. The summed E-state index contributed by atoms with van der Waals surface area (Å²) < 4.78 is 13.2. The van der Waals surface area contributed by atoms with Crippen LogP contribution in [0.4, 0.5) is 4.39 Å². The number of likely N-dealkylation sites (tertiary alicyclic amines) is 1. The van der Waals surface area contributed by atoms with Gasteiger partial charge in [-0.2, -0.15) is 0 Å². The second-order valence-electron chi connectivity index (χ2n) is 7.58. The number of carbonyl (C=O) groups excluding carboxylic acids is 2. The average molecular weight is 382 g/mol. The Kier molecular flexibility index (Phi) is 6.45. The molecule has 0 radical (unpaired) electrons. The summed E-state index contributed by atoms with van der Waals surface area (Å²) >= 11 is 0. The van der Waals surface area contributed by atoms with E-state index >= 15 is 0 Å². The number of amides is 2. The number of nitrogens with zero attached hydrogens (tertiary/aromatic N) is 1. The Bertz CT molecular complexity index is 807. The third-order valence-electron chi connectivity index (χ3n) is 5.47. The van der Waals surface area contributed by atoms with E-state index in [0.29, 0.717) is 25.1 Å². The fourth-order valence-electron chi connectivity index (χ4n) is 3.66. The van der Waals surface area contributed by atoms with Crippen molar-refractivity contribution in [2.45, 2.75) is 38.6 Å².